The molecule has 1 fully saturated rings. The van der Waals surface area contributed by atoms with Crippen molar-refractivity contribution in [3.8, 4) is 0 Å². The van der Waals surface area contributed by atoms with Crippen LogP contribution in [0.3, 0.4) is 0 Å². The van der Waals surface area contributed by atoms with Crippen LogP contribution in [0.5, 0.6) is 0 Å². The first-order valence-corrected chi connectivity index (χ1v) is 12.3. The summed E-state index contributed by atoms with van der Waals surface area (Å²) in [5.41, 5.74) is 1.68. The van der Waals surface area contributed by atoms with Crippen molar-refractivity contribution < 1.29 is 19.4 Å². The van der Waals surface area contributed by atoms with Crippen molar-refractivity contribution in [2.24, 2.45) is 5.41 Å². The van der Waals surface area contributed by atoms with Crippen LogP contribution in [-0.2, 0) is 27.2 Å². The molecule has 8 heteroatoms. The van der Waals surface area contributed by atoms with E-state index in [4.69, 9.17) is 9.72 Å². The highest BCUT2D eigenvalue weighted by Gasteiger charge is 2.33. The van der Waals surface area contributed by atoms with Gasteiger partial charge in [-0.1, -0.05) is 6.07 Å². The van der Waals surface area contributed by atoms with Crippen molar-refractivity contribution in [1.82, 2.24) is 15.2 Å². The van der Waals surface area contributed by atoms with Crippen LogP contribution in [-0.4, -0.2) is 72.3 Å². The fourth-order valence-electron chi connectivity index (χ4n) is 4.38. The summed E-state index contributed by atoms with van der Waals surface area (Å²) in [5, 5.41) is 15.7. The number of carboxylic acid groups (broad SMARTS) is 1. The number of aliphatic carboxylic acids is 1. The van der Waals surface area contributed by atoms with E-state index in [1.54, 1.807) is 13.8 Å². The van der Waals surface area contributed by atoms with E-state index in [-0.39, 0.29) is 12.5 Å². The van der Waals surface area contributed by atoms with Gasteiger partial charge in [0.2, 0.25) is 5.91 Å². The first-order chi connectivity index (χ1) is 15.8. The molecule has 8 nitrogen and oxygen atoms in total. The lowest BCUT2D eigenvalue weighted by molar-refractivity contribution is -0.144. The lowest BCUT2D eigenvalue weighted by atomic mass is 9.93. The number of fused-ring (bicyclic) bond motifs is 1. The quantitative estimate of drug-likeness (QED) is 0.367. The molecule has 1 saturated carbocycles. The number of nitrogens with zero attached hydrogens (tertiary/aromatic N) is 2. The van der Waals surface area contributed by atoms with Crippen molar-refractivity contribution in [2.75, 3.05) is 38.7 Å². The normalized spacial score (nSPS) is 16.7. The minimum absolute atomic E-state index is 0.245. The molecule has 2 heterocycles. The molecule has 1 amide bonds. The van der Waals surface area contributed by atoms with Crippen LogP contribution in [0.4, 0.5) is 5.82 Å². The number of carbonyl (C=O) groups is 2. The lowest BCUT2D eigenvalue weighted by Crippen LogP contribution is -2.49. The standard InChI is InChI=1S/C25H40N4O4/c1-25(2,17-33-3)24(32)28-21(23(30)31)13-16-29(20-11-12-20)15-5-4-8-19-10-9-18-7-6-14-26-22(18)27-19/h9-10,20-21H,4-8,11-17H2,1-3H3,(H,26,27)(H,28,32)(H,30,31). The Bertz CT molecular complexity index is 810. The van der Waals surface area contributed by atoms with E-state index in [1.165, 1.54) is 31.9 Å². The zero-order valence-electron chi connectivity index (χ0n) is 20.4. The molecule has 1 unspecified atom stereocenters. The number of carboxylic acids is 1. The summed E-state index contributed by atoms with van der Waals surface area (Å²) in [7, 11) is 1.54. The Morgan fingerprint density at radius 3 is 2.79 bits per heavy atom. The highest BCUT2D eigenvalue weighted by Crippen LogP contribution is 2.28. The second kappa shape index (κ2) is 11.8. The maximum Gasteiger partial charge on any atom is 0.326 e. The Morgan fingerprint density at radius 1 is 1.30 bits per heavy atom. The SMILES string of the molecule is COCC(C)(C)C(=O)NC(CCN(CCCCc1ccc2c(n1)NCCC2)C1CC1)C(=O)O. The van der Waals surface area contributed by atoms with Gasteiger partial charge in [0, 0.05) is 31.9 Å². The number of carbonyl (C=O) groups excluding carboxylic acids is 1. The van der Waals surface area contributed by atoms with E-state index in [1.807, 2.05) is 0 Å². The molecule has 0 bridgehead atoms. The largest absolute Gasteiger partial charge is 0.480 e. The zero-order valence-corrected chi connectivity index (χ0v) is 20.4. The predicted octanol–water partition coefficient (Wildman–Crippen LogP) is 2.86. The summed E-state index contributed by atoms with van der Waals surface area (Å²) in [6, 6.07) is 4.01. The highest BCUT2D eigenvalue weighted by molar-refractivity contribution is 5.87. The van der Waals surface area contributed by atoms with Crippen LogP contribution in [0.2, 0.25) is 0 Å². The van der Waals surface area contributed by atoms with Gasteiger partial charge in [-0.2, -0.15) is 0 Å². The second-order valence-electron chi connectivity index (χ2n) is 10.0. The molecule has 184 valence electrons. The number of aromatic nitrogens is 1. The van der Waals surface area contributed by atoms with Gasteiger partial charge in [-0.3, -0.25) is 4.79 Å². The number of pyridine rings is 1. The molecule has 3 N–H and O–H groups in total. The van der Waals surface area contributed by atoms with E-state index in [0.717, 1.165) is 50.3 Å². The average molecular weight is 461 g/mol. The number of rotatable bonds is 14. The van der Waals surface area contributed by atoms with Crippen LogP contribution < -0.4 is 10.6 Å². The lowest BCUT2D eigenvalue weighted by Gasteiger charge is -2.27. The van der Waals surface area contributed by atoms with Gasteiger partial charge < -0.3 is 25.4 Å². The van der Waals surface area contributed by atoms with Gasteiger partial charge in [0.15, 0.2) is 0 Å². The Morgan fingerprint density at radius 2 is 2.09 bits per heavy atom. The third-order valence-electron chi connectivity index (χ3n) is 6.57. The number of unbranched alkanes of at least 4 members (excludes halogenated alkanes) is 1. The summed E-state index contributed by atoms with van der Waals surface area (Å²) in [6.07, 6.45) is 8.07. The number of hydrogen-bond donors (Lipinski definition) is 3. The number of nitrogens with one attached hydrogen (secondary N) is 2. The number of hydrogen-bond acceptors (Lipinski definition) is 6. The first kappa shape index (κ1) is 25.4. The van der Waals surface area contributed by atoms with Crippen LogP contribution in [0.1, 0.15) is 63.6 Å². The van der Waals surface area contributed by atoms with Gasteiger partial charge >= 0.3 is 5.97 Å². The molecule has 0 saturated heterocycles. The minimum atomic E-state index is -0.987. The number of methoxy groups -OCH3 is 1. The topological polar surface area (TPSA) is 104 Å². The molecule has 0 aromatic carbocycles. The minimum Gasteiger partial charge on any atom is -0.480 e. The molecule has 3 rings (SSSR count). The Labute approximate surface area is 197 Å². The smallest absolute Gasteiger partial charge is 0.326 e. The van der Waals surface area contributed by atoms with Crippen LogP contribution in [0, 0.1) is 5.41 Å². The first-order valence-electron chi connectivity index (χ1n) is 12.3. The summed E-state index contributed by atoms with van der Waals surface area (Å²) in [5.74, 6) is -0.227. The number of amides is 1. The predicted molar refractivity (Wildman–Crippen MR) is 128 cm³/mol. The number of ether oxygens (including phenoxy) is 1. The van der Waals surface area contributed by atoms with Crippen molar-refractivity contribution >= 4 is 17.7 Å². The van der Waals surface area contributed by atoms with Crippen molar-refractivity contribution in [3.05, 3.63) is 23.4 Å². The van der Waals surface area contributed by atoms with Gasteiger partial charge in [-0.05, 0) is 83.4 Å². The third kappa shape index (κ3) is 7.67. The van der Waals surface area contributed by atoms with E-state index in [0.29, 0.717) is 19.0 Å². The summed E-state index contributed by atoms with van der Waals surface area (Å²) >= 11 is 0. The van der Waals surface area contributed by atoms with Gasteiger partial charge in [0.25, 0.3) is 0 Å². The fraction of sp³-hybridized carbons (Fsp3) is 0.720. The van der Waals surface area contributed by atoms with E-state index >= 15 is 0 Å². The maximum atomic E-state index is 12.5. The third-order valence-corrected chi connectivity index (χ3v) is 6.57. The maximum absolute atomic E-state index is 12.5. The molecular weight excluding hydrogens is 420 g/mol. The van der Waals surface area contributed by atoms with E-state index in [2.05, 4.69) is 27.7 Å². The number of aryl methyl sites for hydroxylation is 2. The van der Waals surface area contributed by atoms with Crippen molar-refractivity contribution in [2.45, 2.75) is 77.3 Å². The molecule has 2 aliphatic rings. The molecule has 33 heavy (non-hydrogen) atoms. The molecule has 0 spiro atoms. The van der Waals surface area contributed by atoms with Crippen LogP contribution in [0.15, 0.2) is 12.1 Å². The fourth-order valence-corrected chi connectivity index (χ4v) is 4.38. The summed E-state index contributed by atoms with van der Waals surface area (Å²) in [4.78, 5) is 31.4. The van der Waals surface area contributed by atoms with Crippen LogP contribution >= 0.6 is 0 Å². The molecular formula is C25H40N4O4. The molecule has 1 aliphatic heterocycles. The zero-order chi connectivity index (χ0) is 23.8. The summed E-state index contributed by atoms with van der Waals surface area (Å²) < 4.78 is 5.10. The van der Waals surface area contributed by atoms with Crippen LogP contribution in [0.25, 0.3) is 0 Å². The van der Waals surface area contributed by atoms with Gasteiger partial charge in [-0.25, -0.2) is 9.78 Å². The van der Waals surface area contributed by atoms with Gasteiger partial charge in [0.1, 0.15) is 11.9 Å². The summed E-state index contributed by atoms with van der Waals surface area (Å²) in [6.45, 7) is 6.39. The Kier molecular flexibility index (Phi) is 9.09. The molecule has 1 atom stereocenters. The second-order valence-corrected chi connectivity index (χ2v) is 10.0. The number of anilines is 1. The van der Waals surface area contributed by atoms with Gasteiger partial charge in [0.05, 0.1) is 12.0 Å². The van der Waals surface area contributed by atoms with E-state index < -0.39 is 17.4 Å². The van der Waals surface area contributed by atoms with Crippen molar-refractivity contribution in [3.63, 3.8) is 0 Å². The Balaban J connectivity index is 1.44. The Hall–Kier alpha value is -2.19. The molecule has 1 aromatic heterocycles. The monoisotopic (exact) mass is 460 g/mol. The average Bonchev–Trinajstić information content (AvgIpc) is 3.62. The van der Waals surface area contributed by atoms with Gasteiger partial charge in [-0.15, -0.1) is 0 Å². The van der Waals surface area contributed by atoms with Crippen molar-refractivity contribution in [1.29, 1.82) is 0 Å². The molecule has 1 aliphatic carbocycles. The highest BCUT2D eigenvalue weighted by atomic mass is 16.5. The molecule has 0 radical (unpaired) electrons. The molecule has 1 aromatic rings. The van der Waals surface area contributed by atoms with E-state index in [9.17, 15) is 14.7 Å².